The van der Waals surface area contributed by atoms with E-state index in [0.717, 1.165) is 11.3 Å². The second-order valence-corrected chi connectivity index (χ2v) is 6.22. The Hall–Kier alpha value is -3.81. The number of carbonyl (C=O) groups excluding carboxylic acids is 2. The highest BCUT2D eigenvalue weighted by atomic mass is 16.5. The Balaban J connectivity index is 1.77. The summed E-state index contributed by atoms with van der Waals surface area (Å²) >= 11 is 0. The zero-order valence-corrected chi connectivity index (χ0v) is 16.4. The normalized spacial score (nSPS) is 10.3. The fraction of sp³-hybridized carbons (Fsp3) is 0.190. The Labute approximate surface area is 168 Å². The van der Waals surface area contributed by atoms with Crippen LogP contribution in [0.5, 0.6) is 5.75 Å². The predicted molar refractivity (Wildman–Crippen MR) is 108 cm³/mol. The summed E-state index contributed by atoms with van der Waals surface area (Å²) in [5.74, 6) is 1.01. The number of esters is 1. The topological polar surface area (TPSA) is 94.5 Å². The summed E-state index contributed by atoms with van der Waals surface area (Å²) in [6.07, 6.45) is 3.40. The Morgan fingerprint density at radius 3 is 2.48 bits per heavy atom. The largest absolute Gasteiger partial charge is 0.497 e. The molecule has 2 aromatic carbocycles. The standard InChI is InChI=1S/C21H22N4O4/c1-14-22-10-11-25(14)19-12-16(20(26)29-3)6-9-18(19)24-21(27)23-13-15-4-7-17(28-2)8-5-15/h4-12H,13H2,1-3H3,(H2,23,24,27). The average Bonchev–Trinajstić information content (AvgIpc) is 3.18. The van der Waals surface area contributed by atoms with Crippen LogP contribution in [0.25, 0.3) is 5.69 Å². The van der Waals surface area contributed by atoms with Crippen molar-refractivity contribution < 1.29 is 19.1 Å². The first kappa shape index (κ1) is 19.9. The molecule has 1 aromatic heterocycles. The molecule has 0 spiro atoms. The molecule has 29 heavy (non-hydrogen) atoms. The van der Waals surface area contributed by atoms with Crippen molar-refractivity contribution in [3.8, 4) is 11.4 Å². The number of benzene rings is 2. The molecule has 150 valence electrons. The maximum atomic E-state index is 12.4. The minimum absolute atomic E-state index is 0.357. The van der Waals surface area contributed by atoms with E-state index in [0.29, 0.717) is 29.3 Å². The van der Waals surface area contributed by atoms with Gasteiger partial charge in [0.2, 0.25) is 0 Å². The second kappa shape index (κ2) is 8.92. The number of nitrogens with one attached hydrogen (secondary N) is 2. The third-order valence-corrected chi connectivity index (χ3v) is 4.36. The monoisotopic (exact) mass is 394 g/mol. The fourth-order valence-electron chi connectivity index (χ4n) is 2.81. The molecule has 0 saturated heterocycles. The maximum absolute atomic E-state index is 12.4. The number of nitrogens with zero attached hydrogens (tertiary/aromatic N) is 2. The molecule has 0 saturated carbocycles. The van der Waals surface area contributed by atoms with Crippen molar-refractivity contribution in [1.82, 2.24) is 14.9 Å². The Bertz CT molecular complexity index is 1010. The lowest BCUT2D eigenvalue weighted by Crippen LogP contribution is -2.28. The summed E-state index contributed by atoms with van der Waals surface area (Å²) in [5.41, 5.74) is 2.46. The van der Waals surface area contributed by atoms with E-state index >= 15 is 0 Å². The van der Waals surface area contributed by atoms with E-state index in [-0.39, 0.29) is 6.03 Å². The van der Waals surface area contributed by atoms with E-state index in [1.54, 1.807) is 42.3 Å². The van der Waals surface area contributed by atoms with Crippen LogP contribution in [0, 0.1) is 6.92 Å². The van der Waals surface area contributed by atoms with Gasteiger partial charge in [0, 0.05) is 18.9 Å². The molecule has 3 aromatic rings. The van der Waals surface area contributed by atoms with Gasteiger partial charge in [-0.1, -0.05) is 12.1 Å². The molecule has 0 unspecified atom stereocenters. The van der Waals surface area contributed by atoms with E-state index in [1.165, 1.54) is 7.11 Å². The van der Waals surface area contributed by atoms with Crippen molar-refractivity contribution in [1.29, 1.82) is 0 Å². The van der Waals surface area contributed by atoms with Crippen molar-refractivity contribution >= 4 is 17.7 Å². The Kier molecular flexibility index (Phi) is 6.13. The molecule has 0 radical (unpaired) electrons. The van der Waals surface area contributed by atoms with Crippen LogP contribution in [0.3, 0.4) is 0 Å². The summed E-state index contributed by atoms with van der Waals surface area (Å²) < 4.78 is 11.7. The van der Waals surface area contributed by atoms with Gasteiger partial charge in [-0.25, -0.2) is 14.6 Å². The van der Waals surface area contributed by atoms with E-state index in [2.05, 4.69) is 15.6 Å². The third-order valence-electron chi connectivity index (χ3n) is 4.36. The summed E-state index contributed by atoms with van der Waals surface area (Å²) in [4.78, 5) is 28.5. The number of aryl methyl sites for hydroxylation is 1. The SMILES string of the molecule is COC(=O)c1ccc(NC(=O)NCc2ccc(OC)cc2)c(-n2ccnc2C)c1. The molecular formula is C21H22N4O4. The van der Waals surface area contributed by atoms with Gasteiger partial charge in [-0.05, 0) is 42.8 Å². The van der Waals surface area contributed by atoms with Gasteiger partial charge in [0.1, 0.15) is 11.6 Å². The first-order valence-electron chi connectivity index (χ1n) is 8.92. The maximum Gasteiger partial charge on any atom is 0.337 e. The van der Waals surface area contributed by atoms with E-state index in [9.17, 15) is 9.59 Å². The van der Waals surface area contributed by atoms with Crippen molar-refractivity contribution in [3.05, 3.63) is 71.8 Å². The average molecular weight is 394 g/mol. The van der Waals surface area contributed by atoms with E-state index in [4.69, 9.17) is 9.47 Å². The molecule has 0 atom stereocenters. The van der Waals surface area contributed by atoms with Crippen LogP contribution >= 0.6 is 0 Å². The van der Waals surface area contributed by atoms with Crippen LogP contribution in [0.15, 0.2) is 54.9 Å². The molecule has 0 aliphatic carbocycles. The molecular weight excluding hydrogens is 372 g/mol. The van der Waals surface area contributed by atoms with Crippen molar-refractivity contribution in [2.75, 3.05) is 19.5 Å². The summed E-state index contributed by atoms with van der Waals surface area (Å²) in [5, 5.41) is 5.64. The second-order valence-electron chi connectivity index (χ2n) is 6.22. The van der Waals surface area contributed by atoms with Gasteiger partial charge in [0.25, 0.3) is 0 Å². The number of urea groups is 1. The van der Waals surface area contributed by atoms with Crippen molar-refractivity contribution in [2.45, 2.75) is 13.5 Å². The van der Waals surface area contributed by atoms with Crippen LogP contribution < -0.4 is 15.4 Å². The number of hydrogen-bond acceptors (Lipinski definition) is 5. The smallest absolute Gasteiger partial charge is 0.337 e. The first-order chi connectivity index (χ1) is 14.0. The lowest BCUT2D eigenvalue weighted by molar-refractivity contribution is 0.0600. The zero-order chi connectivity index (χ0) is 20.8. The minimum atomic E-state index is -0.459. The van der Waals surface area contributed by atoms with Crippen LogP contribution in [-0.2, 0) is 11.3 Å². The first-order valence-corrected chi connectivity index (χ1v) is 8.92. The molecule has 8 nitrogen and oxygen atoms in total. The van der Waals surface area contributed by atoms with Gasteiger partial charge in [-0.3, -0.25) is 0 Å². The molecule has 2 N–H and O–H groups in total. The van der Waals surface area contributed by atoms with E-state index < -0.39 is 5.97 Å². The Morgan fingerprint density at radius 2 is 1.86 bits per heavy atom. The number of aromatic nitrogens is 2. The highest BCUT2D eigenvalue weighted by molar-refractivity contribution is 5.95. The van der Waals surface area contributed by atoms with Gasteiger partial charge in [0.15, 0.2) is 0 Å². The lowest BCUT2D eigenvalue weighted by Gasteiger charge is -2.15. The molecule has 1 heterocycles. The Morgan fingerprint density at radius 1 is 1.10 bits per heavy atom. The van der Waals surface area contributed by atoms with Crippen LogP contribution in [0.4, 0.5) is 10.5 Å². The van der Waals surface area contributed by atoms with Crippen molar-refractivity contribution in [2.24, 2.45) is 0 Å². The van der Waals surface area contributed by atoms with Crippen LogP contribution in [-0.4, -0.2) is 35.8 Å². The number of ether oxygens (including phenoxy) is 2. The number of rotatable bonds is 6. The summed E-state index contributed by atoms with van der Waals surface area (Å²) in [7, 11) is 2.93. The predicted octanol–water partition coefficient (Wildman–Crippen LogP) is 3.30. The van der Waals surface area contributed by atoms with Gasteiger partial charge >= 0.3 is 12.0 Å². The zero-order valence-electron chi connectivity index (χ0n) is 16.4. The van der Waals surface area contributed by atoms with Crippen LogP contribution in [0.1, 0.15) is 21.7 Å². The van der Waals surface area contributed by atoms with Gasteiger partial charge in [-0.15, -0.1) is 0 Å². The molecule has 0 bridgehead atoms. The summed E-state index contributed by atoms with van der Waals surface area (Å²) in [6, 6.07) is 12.0. The van der Waals surface area contributed by atoms with Crippen molar-refractivity contribution in [3.63, 3.8) is 0 Å². The quantitative estimate of drug-likeness (QED) is 0.626. The van der Waals surface area contributed by atoms with Gasteiger partial charge < -0.3 is 24.7 Å². The highest BCUT2D eigenvalue weighted by Gasteiger charge is 2.14. The number of carbonyl (C=O) groups is 2. The van der Waals surface area contributed by atoms with Gasteiger partial charge in [-0.2, -0.15) is 0 Å². The number of amides is 2. The van der Waals surface area contributed by atoms with E-state index in [1.807, 2.05) is 31.2 Å². The molecule has 2 amide bonds. The third kappa shape index (κ3) is 4.73. The molecule has 8 heteroatoms. The minimum Gasteiger partial charge on any atom is -0.497 e. The number of hydrogen-bond donors (Lipinski definition) is 2. The highest BCUT2D eigenvalue weighted by Crippen LogP contribution is 2.24. The van der Waals surface area contributed by atoms with Gasteiger partial charge in [0.05, 0.1) is 31.2 Å². The number of anilines is 1. The molecule has 0 fully saturated rings. The fourth-order valence-corrected chi connectivity index (χ4v) is 2.81. The summed E-state index contributed by atoms with van der Waals surface area (Å²) in [6.45, 7) is 2.19. The molecule has 0 aliphatic rings. The lowest BCUT2D eigenvalue weighted by atomic mass is 10.1. The molecule has 3 rings (SSSR count). The number of methoxy groups -OCH3 is 2. The molecule has 0 aliphatic heterocycles. The van der Waals surface area contributed by atoms with Crippen LogP contribution in [0.2, 0.25) is 0 Å². The number of imidazole rings is 1.